The third-order valence-electron chi connectivity index (χ3n) is 3.33. The van der Waals surface area contributed by atoms with E-state index in [1.807, 2.05) is 45.2 Å². The number of fused-ring (bicyclic) bond motifs is 3. The molecule has 3 rings (SSSR count). The van der Waals surface area contributed by atoms with Gasteiger partial charge < -0.3 is 14.6 Å². The molecule has 0 radical (unpaired) electrons. The first-order chi connectivity index (χ1) is 10.6. The van der Waals surface area contributed by atoms with E-state index in [0.717, 1.165) is 16.5 Å². The minimum atomic E-state index is -0.0552. The number of likely N-dealkylation sites (N-methyl/N-ethyl adjacent to an activating group) is 1. The Kier molecular flexibility index (Phi) is 3.66. The van der Waals surface area contributed by atoms with Crippen molar-refractivity contribution < 1.29 is 9.21 Å². The largest absolute Gasteiger partial charge is 0.450 e. The summed E-state index contributed by atoms with van der Waals surface area (Å²) in [6, 6.07) is 7.82. The predicted molar refractivity (Wildman–Crippen MR) is 85.9 cm³/mol. The normalized spacial score (nSPS) is 11.3. The smallest absolute Gasteiger partial charge is 0.239 e. The van der Waals surface area contributed by atoms with Crippen LogP contribution in [0, 0.1) is 0 Å². The Morgan fingerprint density at radius 1 is 1.32 bits per heavy atom. The minimum absolute atomic E-state index is 0.0552. The molecule has 0 aliphatic rings. The maximum absolute atomic E-state index is 11.9. The highest BCUT2D eigenvalue weighted by atomic mass is 16.3. The van der Waals surface area contributed by atoms with Crippen LogP contribution in [0.5, 0.6) is 0 Å². The summed E-state index contributed by atoms with van der Waals surface area (Å²) < 4.78 is 5.87. The zero-order valence-corrected chi connectivity index (χ0v) is 12.8. The Labute approximate surface area is 128 Å². The number of furan rings is 1. The Morgan fingerprint density at radius 2 is 2.09 bits per heavy atom. The van der Waals surface area contributed by atoms with Gasteiger partial charge in [-0.25, -0.2) is 9.97 Å². The summed E-state index contributed by atoms with van der Waals surface area (Å²) in [5, 5.41) is 3.81. The molecule has 3 aromatic rings. The summed E-state index contributed by atoms with van der Waals surface area (Å²) in [5.74, 6) is 0.556. The fraction of sp³-hybridized carbons (Fsp3) is 0.312. The third-order valence-corrected chi connectivity index (χ3v) is 3.33. The van der Waals surface area contributed by atoms with Crippen LogP contribution in [0.2, 0.25) is 0 Å². The molecule has 0 aliphatic carbocycles. The van der Waals surface area contributed by atoms with Gasteiger partial charge in [0.25, 0.3) is 0 Å². The summed E-state index contributed by atoms with van der Waals surface area (Å²) in [7, 11) is 1.81. The van der Waals surface area contributed by atoms with E-state index in [1.165, 1.54) is 6.33 Å². The van der Waals surface area contributed by atoms with Crippen LogP contribution in [0.1, 0.15) is 13.8 Å². The van der Waals surface area contributed by atoms with Crippen LogP contribution in [0.4, 0.5) is 5.82 Å². The van der Waals surface area contributed by atoms with Gasteiger partial charge >= 0.3 is 0 Å². The van der Waals surface area contributed by atoms with Gasteiger partial charge in [0.05, 0.1) is 6.54 Å². The molecule has 1 amide bonds. The molecule has 0 unspecified atom stereocenters. The minimum Gasteiger partial charge on any atom is -0.450 e. The second-order valence-electron chi connectivity index (χ2n) is 5.55. The number of carbonyl (C=O) groups is 1. The van der Waals surface area contributed by atoms with E-state index in [2.05, 4.69) is 15.3 Å². The van der Waals surface area contributed by atoms with Crippen molar-refractivity contribution in [1.29, 1.82) is 0 Å². The van der Waals surface area contributed by atoms with Crippen LogP contribution in [-0.2, 0) is 4.79 Å². The molecule has 0 saturated heterocycles. The Bertz CT molecular complexity index is 825. The van der Waals surface area contributed by atoms with Crippen LogP contribution >= 0.6 is 0 Å². The van der Waals surface area contributed by atoms with E-state index >= 15 is 0 Å². The number of hydrogen-bond donors (Lipinski definition) is 1. The molecule has 0 saturated carbocycles. The van der Waals surface area contributed by atoms with Gasteiger partial charge in [0.1, 0.15) is 17.4 Å². The first-order valence-corrected chi connectivity index (χ1v) is 7.19. The van der Waals surface area contributed by atoms with Crippen LogP contribution in [0.3, 0.4) is 0 Å². The molecule has 1 aromatic carbocycles. The molecule has 114 valence electrons. The number of para-hydroxylation sites is 1. The number of hydrogen-bond acceptors (Lipinski definition) is 5. The lowest BCUT2D eigenvalue weighted by atomic mass is 10.2. The standard InChI is InChI=1S/C16H18N4O2/c1-10(2)19-13(21)8-20(3)16-15-14(17-9-18-16)11-6-4-5-7-12(11)22-15/h4-7,9-10H,8H2,1-3H3,(H,19,21). The molecule has 0 spiro atoms. The zero-order chi connectivity index (χ0) is 15.7. The first-order valence-electron chi connectivity index (χ1n) is 7.19. The molecule has 2 aromatic heterocycles. The molecule has 2 heterocycles. The Hall–Kier alpha value is -2.63. The lowest BCUT2D eigenvalue weighted by molar-refractivity contribution is -0.120. The van der Waals surface area contributed by atoms with E-state index in [0.29, 0.717) is 11.4 Å². The van der Waals surface area contributed by atoms with E-state index in [-0.39, 0.29) is 18.5 Å². The molecular weight excluding hydrogens is 280 g/mol. The predicted octanol–water partition coefficient (Wildman–Crippen LogP) is 2.34. The van der Waals surface area contributed by atoms with Crippen LogP contribution in [0.25, 0.3) is 22.1 Å². The summed E-state index contributed by atoms with van der Waals surface area (Å²) in [6.07, 6.45) is 1.50. The van der Waals surface area contributed by atoms with Gasteiger partial charge in [-0.3, -0.25) is 4.79 Å². The van der Waals surface area contributed by atoms with Crippen LogP contribution in [-0.4, -0.2) is 35.5 Å². The molecule has 6 heteroatoms. The van der Waals surface area contributed by atoms with Gasteiger partial charge in [0.15, 0.2) is 11.4 Å². The fourth-order valence-electron chi connectivity index (χ4n) is 2.44. The number of anilines is 1. The summed E-state index contributed by atoms with van der Waals surface area (Å²) in [6.45, 7) is 4.07. The average molecular weight is 298 g/mol. The lowest BCUT2D eigenvalue weighted by Crippen LogP contribution is -2.38. The van der Waals surface area contributed by atoms with E-state index in [1.54, 1.807) is 4.90 Å². The first kappa shape index (κ1) is 14.3. The molecule has 6 nitrogen and oxygen atoms in total. The van der Waals surface area contributed by atoms with Crippen LogP contribution < -0.4 is 10.2 Å². The van der Waals surface area contributed by atoms with Crippen molar-refractivity contribution in [3.8, 4) is 0 Å². The number of aromatic nitrogens is 2. The van der Waals surface area contributed by atoms with Crippen molar-refractivity contribution in [2.75, 3.05) is 18.5 Å². The topological polar surface area (TPSA) is 71.3 Å². The van der Waals surface area contributed by atoms with E-state index in [4.69, 9.17) is 4.42 Å². The molecule has 22 heavy (non-hydrogen) atoms. The molecule has 1 N–H and O–H groups in total. The summed E-state index contributed by atoms with van der Waals surface area (Å²) in [5.41, 5.74) is 2.12. The van der Waals surface area contributed by atoms with Gasteiger partial charge in [-0.2, -0.15) is 0 Å². The van der Waals surface area contributed by atoms with Crippen molar-refractivity contribution in [2.45, 2.75) is 19.9 Å². The highest BCUT2D eigenvalue weighted by molar-refractivity contribution is 6.05. The van der Waals surface area contributed by atoms with Crippen molar-refractivity contribution in [2.24, 2.45) is 0 Å². The van der Waals surface area contributed by atoms with Gasteiger partial charge in [-0.05, 0) is 26.0 Å². The highest BCUT2D eigenvalue weighted by Gasteiger charge is 2.17. The lowest BCUT2D eigenvalue weighted by Gasteiger charge is -2.18. The quantitative estimate of drug-likeness (QED) is 0.800. The molecule has 0 atom stereocenters. The third kappa shape index (κ3) is 2.59. The number of amides is 1. The van der Waals surface area contributed by atoms with Crippen molar-refractivity contribution >= 4 is 33.8 Å². The Balaban J connectivity index is 1.98. The maximum atomic E-state index is 11.9. The van der Waals surface area contributed by atoms with Gasteiger partial charge in [-0.1, -0.05) is 12.1 Å². The average Bonchev–Trinajstić information content (AvgIpc) is 2.84. The molecule has 0 aliphatic heterocycles. The SMILES string of the molecule is CC(C)NC(=O)CN(C)c1ncnc2c1oc1ccccc12. The van der Waals surface area contributed by atoms with Crippen LogP contribution in [0.15, 0.2) is 35.0 Å². The second-order valence-corrected chi connectivity index (χ2v) is 5.55. The number of rotatable bonds is 4. The number of nitrogens with zero attached hydrogens (tertiary/aromatic N) is 3. The van der Waals surface area contributed by atoms with Crippen molar-refractivity contribution in [3.63, 3.8) is 0 Å². The van der Waals surface area contributed by atoms with Gasteiger partial charge in [0.2, 0.25) is 5.91 Å². The maximum Gasteiger partial charge on any atom is 0.239 e. The van der Waals surface area contributed by atoms with E-state index < -0.39 is 0 Å². The summed E-state index contributed by atoms with van der Waals surface area (Å²) in [4.78, 5) is 22.3. The number of carbonyl (C=O) groups excluding carboxylic acids is 1. The van der Waals surface area contributed by atoms with Crippen molar-refractivity contribution in [1.82, 2.24) is 15.3 Å². The molecule has 0 fully saturated rings. The Morgan fingerprint density at radius 3 is 2.86 bits per heavy atom. The molecule has 0 bridgehead atoms. The van der Waals surface area contributed by atoms with E-state index in [9.17, 15) is 4.79 Å². The molecular formula is C16H18N4O2. The fourth-order valence-corrected chi connectivity index (χ4v) is 2.44. The highest BCUT2D eigenvalue weighted by Crippen LogP contribution is 2.31. The monoisotopic (exact) mass is 298 g/mol. The van der Waals surface area contributed by atoms with Gasteiger partial charge in [-0.15, -0.1) is 0 Å². The number of nitrogens with one attached hydrogen (secondary N) is 1. The zero-order valence-electron chi connectivity index (χ0n) is 12.8. The van der Waals surface area contributed by atoms with Crippen molar-refractivity contribution in [3.05, 3.63) is 30.6 Å². The number of benzene rings is 1. The van der Waals surface area contributed by atoms with Gasteiger partial charge in [0, 0.05) is 18.5 Å². The summed E-state index contributed by atoms with van der Waals surface area (Å²) >= 11 is 0. The second kappa shape index (κ2) is 5.63.